The average Bonchev–Trinajstić information content (AvgIpc) is 3.13. The molecule has 2 N–H and O–H groups in total. The van der Waals surface area contributed by atoms with Gasteiger partial charge in [-0.2, -0.15) is 0 Å². The first-order valence-electron chi connectivity index (χ1n) is 9.81. The number of ether oxygens (including phenoxy) is 2. The van der Waals surface area contributed by atoms with Crippen LogP contribution in [0.3, 0.4) is 0 Å². The molecule has 1 aromatic rings. The van der Waals surface area contributed by atoms with Crippen LogP contribution >= 0.6 is 24.0 Å². The summed E-state index contributed by atoms with van der Waals surface area (Å²) in [6.07, 6.45) is 6.28. The van der Waals surface area contributed by atoms with Crippen LogP contribution in [0.1, 0.15) is 51.6 Å². The molecule has 1 heterocycles. The maximum Gasteiger partial charge on any atom is 0.213 e. The summed E-state index contributed by atoms with van der Waals surface area (Å²) in [4.78, 5) is 9.12. The van der Waals surface area contributed by atoms with Crippen LogP contribution < -0.4 is 15.4 Å². The standard InChI is InChI=1S/C20H34N4O2.HI/c1-4-21-19(22-15-17-9-8-10-18(24-17)25-3)23-16-20(11-6-7-12-20)13-14-26-5-2;/h8-10H,4-7,11-16H2,1-3H3,(H2,21,22,23);1H. The number of hydrogen-bond donors (Lipinski definition) is 2. The molecular weight excluding hydrogens is 455 g/mol. The zero-order chi connectivity index (χ0) is 18.7. The van der Waals surface area contributed by atoms with Crippen molar-refractivity contribution in [1.82, 2.24) is 15.6 Å². The summed E-state index contributed by atoms with van der Waals surface area (Å²) in [5.74, 6) is 1.47. The minimum absolute atomic E-state index is 0. The number of pyridine rings is 1. The Kier molecular flexibility index (Phi) is 11.7. The first-order chi connectivity index (χ1) is 12.7. The van der Waals surface area contributed by atoms with E-state index in [-0.39, 0.29) is 24.0 Å². The molecule has 2 rings (SSSR count). The molecule has 154 valence electrons. The van der Waals surface area contributed by atoms with Crippen LogP contribution in [-0.4, -0.2) is 44.4 Å². The Morgan fingerprint density at radius 2 is 2.00 bits per heavy atom. The van der Waals surface area contributed by atoms with E-state index in [1.54, 1.807) is 7.11 Å². The average molecular weight is 490 g/mol. The quantitative estimate of drug-likeness (QED) is 0.226. The normalized spacial score (nSPS) is 15.9. The van der Waals surface area contributed by atoms with Gasteiger partial charge in [-0.3, -0.25) is 0 Å². The van der Waals surface area contributed by atoms with E-state index in [1.165, 1.54) is 25.7 Å². The Bertz CT molecular complexity index is 563. The molecule has 0 amide bonds. The van der Waals surface area contributed by atoms with Crippen LogP contribution in [0.4, 0.5) is 0 Å². The van der Waals surface area contributed by atoms with Crippen LogP contribution in [0.5, 0.6) is 5.88 Å². The fraction of sp³-hybridized carbons (Fsp3) is 0.700. The van der Waals surface area contributed by atoms with Crippen molar-refractivity contribution in [3.63, 3.8) is 0 Å². The molecule has 0 aliphatic heterocycles. The lowest BCUT2D eigenvalue weighted by atomic mass is 9.83. The minimum Gasteiger partial charge on any atom is -0.481 e. The van der Waals surface area contributed by atoms with Crippen molar-refractivity contribution in [1.29, 1.82) is 0 Å². The molecule has 7 heteroatoms. The van der Waals surface area contributed by atoms with Crippen molar-refractivity contribution in [2.24, 2.45) is 10.4 Å². The van der Waals surface area contributed by atoms with Crippen LogP contribution in [0.2, 0.25) is 0 Å². The van der Waals surface area contributed by atoms with Crippen molar-refractivity contribution >= 4 is 29.9 Å². The zero-order valence-electron chi connectivity index (χ0n) is 16.9. The van der Waals surface area contributed by atoms with E-state index in [9.17, 15) is 0 Å². The van der Waals surface area contributed by atoms with Gasteiger partial charge < -0.3 is 20.1 Å². The summed E-state index contributed by atoms with van der Waals surface area (Å²) in [6, 6.07) is 5.76. The predicted octanol–water partition coefficient (Wildman–Crippen LogP) is 3.75. The van der Waals surface area contributed by atoms with Gasteiger partial charge in [0.25, 0.3) is 0 Å². The largest absolute Gasteiger partial charge is 0.481 e. The second-order valence-electron chi connectivity index (χ2n) is 6.87. The van der Waals surface area contributed by atoms with Gasteiger partial charge in [0.2, 0.25) is 5.88 Å². The maximum absolute atomic E-state index is 5.61. The second kappa shape index (κ2) is 13.1. The molecule has 0 aromatic carbocycles. The van der Waals surface area contributed by atoms with Crippen molar-refractivity contribution in [3.8, 4) is 5.88 Å². The third kappa shape index (κ3) is 8.21. The molecule has 1 fully saturated rings. The van der Waals surface area contributed by atoms with Gasteiger partial charge >= 0.3 is 0 Å². The highest BCUT2D eigenvalue weighted by molar-refractivity contribution is 14.0. The molecule has 6 nitrogen and oxygen atoms in total. The number of hydrogen-bond acceptors (Lipinski definition) is 4. The molecular formula is C20H35IN4O2. The molecule has 1 aliphatic rings. The molecule has 0 radical (unpaired) electrons. The predicted molar refractivity (Wildman–Crippen MR) is 121 cm³/mol. The van der Waals surface area contributed by atoms with Gasteiger partial charge in [-0.15, -0.1) is 24.0 Å². The highest BCUT2D eigenvalue weighted by atomic mass is 127. The van der Waals surface area contributed by atoms with Crippen LogP contribution in [0, 0.1) is 5.41 Å². The van der Waals surface area contributed by atoms with Crippen LogP contribution in [0.25, 0.3) is 0 Å². The summed E-state index contributed by atoms with van der Waals surface area (Å²) >= 11 is 0. The first kappa shape index (κ1) is 23.9. The topological polar surface area (TPSA) is 67.8 Å². The number of aliphatic imine (C=N–C) groups is 1. The fourth-order valence-corrected chi connectivity index (χ4v) is 3.51. The number of guanidine groups is 1. The lowest BCUT2D eigenvalue weighted by molar-refractivity contribution is 0.105. The van der Waals surface area contributed by atoms with E-state index in [0.717, 1.165) is 44.4 Å². The van der Waals surface area contributed by atoms with Gasteiger partial charge in [0.1, 0.15) is 0 Å². The smallest absolute Gasteiger partial charge is 0.213 e. The van der Waals surface area contributed by atoms with Crippen molar-refractivity contribution in [2.45, 2.75) is 52.5 Å². The Morgan fingerprint density at radius 3 is 2.67 bits per heavy atom. The Balaban J connectivity index is 0.00000364. The first-order valence-corrected chi connectivity index (χ1v) is 9.81. The Hall–Kier alpha value is -1.09. The summed E-state index contributed by atoms with van der Waals surface area (Å²) in [5, 5.41) is 6.89. The van der Waals surface area contributed by atoms with E-state index < -0.39 is 0 Å². The SMILES string of the molecule is CCNC(=NCc1cccc(OC)n1)NCC1(CCOCC)CCCC1.I. The third-order valence-corrected chi connectivity index (χ3v) is 5.01. The number of rotatable bonds is 10. The maximum atomic E-state index is 5.61. The lowest BCUT2D eigenvalue weighted by Crippen LogP contribution is -2.43. The van der Waals surface area contributed by atoms with Gasteiger partial charge in [-0.05, 0) is 44.6 Å². The number of aromatic nitrogens is 1. The van der Waals surface area contributed by atoms with Crippen molar-refractivity contribution < 1.29 is 9.47 Å². The van der Waals surface area contributed by atoms with Gasteiger partial charge in [0.05, 0.1) is 19.3 Å². The van der Waals surface area contributed by atoms with Crippen LogP contribution in [-0.2, 0) is 11.3 Å². The molecule has 0 spiro atoms. The second-order valence-corrected chi connectivity index (χ2v) is 6.87. The molecule has 27 heavy (non-hydrogen) atoms. The molecule has 0 bridgehead atoms. The van der Waals surface area contributed by atoms with E-state index in [1.807, 2.05) is 18.2 Å². The lowest BCUT2D eigenvalue weighted by Gasteiger charge is -2.30. The van der Waals surface area contributed by atoms with Gasteiger partial charge in [0.15, 0.2) is 5.96 Å². The Labute approximate surface area is 180 Å². The molecule has 1 aromatic heterocycles. The van der Waals surface area contributed by atoms with Crippen LogP contribution in [0.15, 0.2) is 23.2 Å². The molecule has 0 unspecified atom stereocenters. The van der Waals surface area contributed by atoms with Gasteiger partial charge in [-0.25, -0.2) is 9.98 Å². The van der Waals surface area contributed by atoms with E-state index >= 15 is 0 Å². The third-order valence-electron chi connectivity index (χ3n) is 5.01. The molecule has 1 saturated carbocycles. The summed E-state index contributed by atoms with van der Waals surface area (Å²) in [5.41, 5.74) is 1.23. The van der Waals surface area contributed by atoms with Gasteiger partial charge in [0, 0.05) is 32.4 Å². The summed E-state index contributed by atoms with van der Waals surface area (Å²) in [6.45, 7) is 8.09. The highest BCUT2D eigenvalue weighted by Crippen LogP contribution is 2.40. The van der Waals surface area contributed by atoms with E-state index in [2.05, 4.69) is 29.5 Å². The van der Waals surface area contributed by atoms with Crippen molar-refractivity contribution in [2.75, 3.05) is 33.4 Å². The highest BCUT2D eigenvalue weighted by Gasteiger charge is 2.33. The Morgan fingerprint density at radius 1 is 1.22 bits per heavy atom. The number of nitrogens with one attached hydrogen (secondary N) is 2. The number of nitrogens with zero attached hydrogens (tertiary/aromatic N) is 2. The summed E-state index contributed by atoms with van der Waals surface area (Å²) in [7, 11) is 1.63. The molecule has 0 atom stereocenters. The zero-order valence-corrected chi connectivity index (χ0v) is 19.3. The van der Waals surface area contributed by atoms with E-state index in [4.69, 9.17) is 14.5 Å². The van der Waals surface area contributed by atoms with E-state index in [0.29, 0.717) is 17.8 Å². The minimum atomic E-state index is 0. The monoisotopic (exact) mass is 490 g/mol. The van der Waals surface area contributed by atoms with Crippen molar-refractivity contribution in [3.05, 3.63) is 23.9 Å². The molecule has 1 aliphatic carbocycles. The molecule has 0 saturated heterocycles. The van der Waals surface area contributed by atoms with Gasteiger partial charge in [-0.1, -0.05) is 18.9 Å². The number of halogens is 1. The fourth-order valence-electron chi connectivity index (χ4n) is 3.51. The number of methoxy groups -OCH3 is 1. The summed E-state index contributed by atoms with van der Waals surface area (Å²) < 4.78 is 10.8.